The summed E-state index contributed by atoms with van der Waals surface area (Å²) in [6, 6.07) is 10.2. The summed E-state index contributed by atoms with van der Waals surface area (Å²) in [6.45, 7) is 0.485. The van der Waals surface area contributed by atoms with E-state index >= 15 is 0 Å². The van der Waals surface area contributed by atoms with Crippen LogP contribution in [0.1, 0.15) is 11.1 Å². The third-order valence-electron chi connectivity index (χ3n) is 3.58. The first-order valence-electron chi connectivity index (χ1n) is 7.49. The van der Waals surface area contributed by atoms with E-state index in [1.165, 1.54) is 6.07 Å². The van der Waals surface area contributed by atoms with Gasteiger partial charge < -0.3 is 4.57 Å². The predicted octanol–water partition coefficient (Wildman–Crippen LogP) is 3.75. The first-order chi connectivity index (χ1) is 12.2. The fourth-order valence-electron chi connectivity index (χ4n) is 2.38. The lowest BCUT2D eigenvalue weighted by Gasteiger charge is -2.12. The van der Waals surface area contributed by atoms with E-state index in [2.05, 4.69) is 9.71 Å². The van der Waals surface area contributed by atoms with Gasteiger partial charge >= 0.3 is 6.18 Å². The van der Waals surface area contributed by atoms with E-state index in [-0.39, 0.29) is 5.69 Å². The van der Waals surface area contributed by atoms with E-state index < -0.39 is 26.7 Å². The number of sulfonamides is 1. The molecule has 0 fully saturated rings. The summed E-state index contributed by atoms with van der Waals surface area (Å²) >= 11 is 0. The van der Waals surface area contributed by atoms with Crippen LogP contribution in [0.25, 0.3) is 0 Å². The molecule has 2 aromatic carbocycles. The number of hydrogen-bond donors (Lipinski definition) is 1. The van der Waals surface area contributed by atoms with Gasteiger partial charge in [-0.25, -0.2) is 13.4 Å². The van der Waals surface area contributed by atoms with E-state index in [1.807, 2.05) is 6.07 Å². The van der Waals surface area contributed by atoms with Gasteiger partial charge in [0.2, 0.25) is 0 Å². The van der Waals surface area contributed by atoms with Gasteiger partial charge in [-0.15, -0.1) is 0 Å². The van der Waals surface area contributed by atoms with Gasteiger partial charge in [0.25, 0.3) is 10.0 Å². The Bertz CT molecular complexity index is 1000. The SMILES string of the molecule is O=S(=O)(Nc1cccc(Cn2ccnc2)c1)c1cccc(C(F)(F)F)c1. The normalized spacial score (nSPS) is 12.1. The van der Waals surface area contributed by atoms with E-state index in [1.54, 1.807) is 35.4 Å². The molecule has 1 heterocycles. The molecule has 0 bridgehead atoms. The lowest BCUT2D eigenvalue weighted by molar-refractivity contribution is -0.137. The van der Waals surface area contributed by atoms with Crippen LogP contribution < -0.4 is 4.72 Å². The second-order valence-electron chi connectivity index (χ2n) is 5.57. The highest BCUT2D eigenvalue weighted by molar-refractivity contribution is 7.92. The van der Waals surface area contributed by atoms with Gasteiger partial charge in [-0.3, -0.25) is 4.72 Å². The summed E-state index contributed by atoms with van der Waals surface area (Å²) in [4.78, 5) is 3.48. The molecule has 1 aromatic heterocycles. The van der Waals surface area contributed by atoms with Crippen LogP contribution in [0.3, 0.4) is 0 Å². The molecule has 3 aromatic rings. The lowest BCUT2D eigenvalue weighted by atomic mass is 10.2. The molecule has 5 nitrogen and oxygen atoms in total. The molecular weight excluding hydrogens is 367 g/mol. The van der Waals surface area contributed by atoms with E-state index in [0.717, 1.165) is 23.8 Å². The zero-order valence-electron chi connectivity index (χ0n) is 13.3. The van der Waals surface area contributed by atoms with Gasteiger partial charge in [0.05, 0.1) is 16.8 Å². The van der Waals surface area contributed by atoms with E-state index in [4.69, 9.17) is 0 Å². The Morgan fingerprint density at radius 2 is 1.85 bits per heavy atom. The summed E-state index contributed by atoms with van der Waals surface area (Å²) < 4.78 is 67.3. The molecule has 9 heteroatoms. The molecule has 0 aliphatic heterocycles. The Balaban J connectivity index is 1.84. The topological polar surface area (TPSA) is 64.0 Å². The van der Waals surface area contributed by atoms with Crippen LogP contribution in [0, 0.1) is 0 Å². The fraction of sp³-hybridized carbons (Fsp3) is 0.118. The summed E-state index contributed by atoms with van der Waals surface area (Å²) in [5.41, 5.74) is 0.0569. The Morgan fingerprint density at radius 1 is 1.08 bits per heavy atom. The molecule has 0 saturated carbocycles. The monoisotopic (exact) mass is 381 g/mol. The summed E-state index contributed by atoms with van der Waals surface area (Å²) in [6.07, 6.45) is 0.398. The molecule has 26 heavy (non-hydrogen) atoms. The van der Waals surface area contributed by atoms with Gasteiger partial charge in [0, 0.05) is 24.6 Å². The highest BCUT2D eigenvalue weighted by Gasteiger charge is 2.31. The van der Waals surface area contributed by atoms with Gasteiger partial charge in [0.15, 0.2) is 0 Å². The van der Waals surface area contributed by atoms with Crippen LogP contribution in [-0.2, 0) is 22.7 Å². The van der Waals surface area contributed by atoms with Crippen molar-refractivity contribution in [2.45, 2.75) is 17.6 Å². The smallest absolute Gasteiger partial charge is 0.333 e. The van der Waals surface area contributed by atoms with E-state index in [9.17, 15) is 21.6 Å². The van der Waals surface area contributed by atoms with Crippen LogP contribution >= 0.6 is 0 Å². The molecule has 136 valence electrons. The van der Waals surface area contributed by atoms with Gasteiger partial charge in [-0.05, 0) is 35.9 Å². The quantitative estimate of drug-likeness (QED) is 0.732. The number of rotatable bonds is 5. The second-order valence-corrected chi connectivity index (χ2v) is 7.25. The molecule has 0 amide bonds. The maximum Gasteiger partial charge on any atom is 0.416 e. The largest absolute Gasteiger partial charge is 0.416 e. The minimum absolute atomic E-state index is 0.264. The number of nitrogens with zero attached hydrogens (tertiary/aromatic N) is 2. The standard InChI is InChI=1S/C17H14F3N3O2S/c18-17(19,20)14-4-2-6-16(10-14)26(24,25)22-15-5-1-3-13(9-15)11-23-8-7-21-12-23/h1-10,12,22H,11H2. The van der Waals surface area contributed by atoms with Crippen molar-refractivity contribution in [3.8, 4) is 0 Å². The van der Waals surface area contributed by atoms with Crippen LogP contribution in [0.5, 0.6) is 0 Å². The van der Waals surface area contributed by atoms with Crippen LogP contribution in [-0.4, -0.2) is 18.0 Å². The summed E-state index contributed by atoms with van der Waals surface area (Å²) in [7, 11) is -4.14. The lowest BCUT2D eigenvalue weighted by Crippen LogP contribution is -2.14. The molecule has 0 aliphatic carbocycles. The summed E-state index contributed by atoms with van der Waals surface area (Å²) in [5.74, 6) is 0. The average molecular weight is 381 g/mol. The Morgan fingerprint density at radius 3 is 2.54 bits per heavy atom. The number of nitrogens with one attached hydrogen (secondary N) is 1. The molecule has 0 atom stereocenters. The number of anilines is 1. The number of aromatic nitrogens is 2. The van der Waals surface area contributed by atoms with Crippen molar-refractivity contribution in [1.29, 1.82) is 0 Å². The number of hydrogen-bond acceptors (Lipinski definition) is 3. The molecule has 0 unspecified atom stereocenters. The van der Waals surface area contributed by atoms with Gasteiger partial charge in [-0.1, -0.05) is 18.2 Å². The predicted molar refractivity (Wildman–Crippen MR) is 90.0 cm³/mol. The third kappa shape index (κ3) is 4.23. The Kier molecular flexibility index (Phi) is 4.73. The van der Waals surface area contributed by atoms with Crippen LogP contribution in [0.15, 0.2) is 72.1 Å². The first-order valence-corrected chi connectivity index (χ1v) is 8.97. The van der Waals surface area contributed by atoms with Gasteiger partial charge in [0.1, 0.15) is 0 Å². The maximum atomic E-state index is 12.8. The molecular formula is C17H14F3N3O2S. The molecule has 0 saturated heterocycles. The molecule has 0 aliphatic rings. The van der Waals surface area contributed by atoms with Crippen molar-refractivity contribution in [1.82, 2.24) is 9.55 Å². The van der Waals surface area contributed by atoms with Gasteiger partial charge in [-0.2, -0.15) is 13.2 Å². The third-order valence-corrected chi connectivity index (χ3v) is 4.95. The Hall–Kier alpha value is -2.81. The first kappa shape index (κ1) is 18.0. The minimum atomic E-state index is -4.61. The Labute approximate surface area is 148 Å². The second kappa shape index (κ2) is 6.83. The minimum Gasteiger partial charge on any atom is -0.333 e. The molecule has 3 rings (SSSR count). The van der Waals surface area contributed by atoms with Crippen LogP contribution in [0.4, 0.5) is 18.9 Å². The molecule has 0 spiro atoms. The van der Waals surface area contributed by atoms with Crippen molar-refractivity contribution in [3.05, 3.63) is 78.4 Å². The number of halogens is 3. The zero-order chi connectivity index (χ0) is 18.8. The van der Waals surface area contributed by atoms with Crippen molar-refractivity contribution >= 4 is 15.7 Å². The number of imidazole rings is 1. The van der Waals surface area contributed by atoms with Crippen molar-refractivity contribution in [3.63, 3.8) is 0 Å². The highest BCUT2D eigenvalue weighted by Crippen LogP contribution is 2.30. The molecule has 1 N–H and O–H groups in total. The molecule has 0 radical (unpaired) electrons. The average Bonchev–Trinajstić information content (AvgIpc) is 3.07. The van der Waals surface area contributed by atoms with Crippen molar-refractivity contribution in [2.24, 2.45) is 0 Å². The van der Waals surface area contributed by atoms with Crippen molar-refractivity contribution in [2.75, 3.05) is 4.72 Å². The zero-order valence-corrected chi connectivity index (χ0v) is 14.1. The van der Waals surface area contributed by atoms with E-state index in [0.29, 0.717) is 12.6 Å². The highest BCUT2D eigenvalue weighted by atomic mass is 32.2. The number of alkyl halides is 3. The maximum absolute atomic E-state index is 12.8. The number of benzene rings is 2. The van der Waals surface area contributed by atoms with Crippen LogP contribution in [0.2, 0.25) is 0 Å². The van der Waals surface area contributed by atoms with Crippen molar-refractivity contribution < 1.29 is 21.6 Å². The summed E-state index contributed by atoms with van der Waals surface area (Å²) in [5, 5.41) is 0. The fourth-order valence-corrected chi connectivity index (χ4v) is 3.47.